The molecule has 0 aliphatic heterocycles. The SMILES string of the molecule is CCNc1cc(C(F)(F)F)cc(SCCN(CC)CC)n1. The van der Waals surface area contributed by atoms with Crippen LogP contribution in [0, 0.1) is 0 Å². The lowest BCUT2D eigenvalue weighted by atomic mass is 10.2. The average Bonchev–Trinajstić information content (AvgIpc) is 2.43. The number of nitrogens with zero attached hydrogens (tertiary/aromatic N) is 2. The van der Waals surface area contributed by atoms with E-state index in [-0.39, 0.29) is 5.82 Å². The van der Waals surface area contributed by atoms with E-state index in [0.29, 0.717) is 11.6 Å². The van der Waals surface area contributed by atoms with Gasteiger partial charge in [0, 0.05) is 18.8 Å². The fraction of sp³-hybridized carbons (Fsp3) is 0.643. The zero-order valence-corrected chi connectivity index (χ0v) is 13.4. The first kappa shape index (κ1) is 18.1. The Morgan fingerprint density at radius 1 is 1.19 bits per heavy atom. The highest BCUT2D eigenvalue weighted by molar-refractivity contribution is 7.99. The molecule has 1 aromatic rings. The third-order valence-electron chi connectivity index (χ3n) is 3.04. The highest BCUT2D eigenvalue weighted by atomic mass is 32.2. The van der Waals surface area contributed by atoms with Crippen LogP contribution in [-0.4, -0.2) is 41.8 Å². The summed E-state index contributed by atoms with van der Waals surface area (Å²) in [6.45, 7) is 9.23. The summed E-state index contributed by atoms with van der Waals surface area (Å²) in [5.74, 6) is 0.999. The topological polar surface area (TPSA) is 28.2 Å². The quantitative estimate of drug-likeness (QED) is 0.734. The minimum Gasteiger partial charge on any atom is -0.370 e. The van der Waals surface area contributed by atoms with E-state index in [1.54, 1.807) is 0 Å². The molecule has 120 valence electrons. The van der Waals surface area contributed by atoms with Crippen molar-refractivity contribution in [3.05, 3.63) is 17.7 Å². The third-order valence-corrected chi connectivity index (χ3v) is 3.93. The fourth-order valence-electron chi connectivity index (χ4n) is 1.83. The number of hydrogen-bond acceptors (Lipinski definition) is 4. The van der Waals surface area contributed by atoms with E-state index in [4.69, 9.17) is 0 Å². The normalized spacial score (nSPS) is 12.0. The molecule has 0 bridgehead atoms. The number of anilines is 1. The van der Waals surface area contributed by atoms with Crippen LogP contribution in [0.3, 0.4) is 0 Å². The van der Waals surface area contributed by atoms with Crippen molar-refractivity contribution in [2.24, 2.45) is 0 Å². The molecule has 0 aliphatic carbocycles. The Kier molecular flexibility index (Phi) is 7.31. The number of halogens is 3. The van der Waals surface area contributed by atoms with Crippen LogP contribution < -0.4 is 5.32 Å². The van der Waals surface area contributed by atoms with Crippen molar-refractivity contribution in [2.45, 2.75) is 32.0 Å². The van der Waals surface area contributed by atoms with Crippen LogP contribution in [0.4, 0.5) is 19.0 Å². The van der Waals surface area contributed by atoms with Gasteiger partial charge in [0.15, 0.2) is 0 Å². The summed E-state index contributed by atoms with van der Waals surface area (Å²) < 4.78 is 38.6. The van der Waals surface area contributed by atoms with Gasteiger partial charge in [0.25, 0.3) is 0 Å². The molecule has 21 heavy (non-hydrogen) atoms. The smallest absolute Gasteiger partial charge is 0.370 e. The summed E-state index contributed by atoms with van der Waals surface area (Å²) in [6.07, 6.45) is -4.35. The summed E-state index contributed by atoms with van der Waals surface area (Å²) in [7, 11) is 0. The molecule has 7 heteroatoms. The lowest BCUT2D eigenvalue weighted by Gasteiger charge is -2.17. The molecule has 0 spiro atoms. The van der Waals surface area contributed by atoms with E-state index in [1.165, 1.54) is 11.8 Å². The molecule has 1 aromatic heterocycles. The molecule has 0 aliphatic rings. The lowest BCUT2D eigenvalue weighted by molar-refractivity contribution is -0.137. The van der Waals surface area contributed by atoms with E-state index < -0.39 is 11.7 Å². The molecule has 3 nitrogen and oxygen atoms in total. The number of rotatable bonds is 8. The van der Waals surface area contributed by atoms with Crippen LogP contribution >= 0.6 is 11.8 Å². The van der Waals surface area contributed by atoms with Crippen LogP contribution in [0.5, 0.6) is 0 Å². The Morgan fingerprint density at radius 3 is 2.38 bits per heavy atom. The first-order chi connectivity index (χ1) is 9.90. The van der Waals surface area contributed by atoms with Crippen molar-refractivity contribution >= 4 is 17.6 Å². The summed E-state index contributed by atoms with van der Waals surface area (Å²) >= 11 is 1.36. The van der Waals surface area contributed by atoms with Gasteiger partial charge in [-0.25, -0.2) is 4.98 Å². The third kappa shape index (κ3) is 6.13. The number of thioether (sulfide) groups is 1. The number of alkyl halides is 3. The van der Waals surface area contributed by atoms with Gasteiger partial charge in [0.1, 0.15) is 5.82 Å². The van der Waals surface area contributed by atoms with Crippen molar-refractivity contribution in [3.63, 3.8) is 0 Å². The molecule has 1 rings (SSSR count). The van der Waals surface area contributed by atoms with Gasteiger partial charge < -0.3 is 10.2 Å². The Bertz CT molecular complexity index is 434. The molecule has 0 amide bonds. The van der Waals surface area contributed by atoms with Crippen molar-refractivity contribution in [3.8, 4) is 0 Å². The second-order valence-corrected chi connectivity index (χ2v) is 5.60. The van der Waals surface area contributed by atoms with Crippen LogP contribution in [0.2, 0.25) is 0 Å². The van der Waals surface area contributed by atoms with E-state index in [9.17, 15) is 13.2 Å². The molecule has 0 atom stereocenters. The molecule has 1 heterocycles. The van der Waals surface area contributed by atoms with E-state index >= 15 is 0 Å². The number of pyridine rings is 1. The van der Waals surface area contributed by atoms with Crippen LogP contribution in [-0.2, 0) is 6.18 Å². The zero-order valence-electron chi connectivity index (χ0n) is 12.6. The average molecular weight is 321 g/mol. The van der Waals surface area contributed by atoms with Crippen molar-refractivity contribution in [2.75, 3.05) is 37.2 Å². The standard InChI is InChI=1S/C14H22F3N3S/c1-4-18-12-9-11(14(15,16)17)10-13(19-12)21-8-7-20(5-2)6-3/h9-10H,4-8H2,1-3H3,(H,18,19). The van der Waals surface area contributed by atoms with E-state index in [2.05, 4.69) is 29.0 Å². The number of aromatic nitrogens is 1. The Balaban J connectivity index is 2.78. The molecular weight excluding hydrogens is 299 g/mol. The number of hydrogen-bond donors (Lipinski definition) is 1. The Labute approximate surface area is 128 Å². The van der Waals surface area contributed by atoms with Crippen molar-refractivity contribution < 1.29 is 13.2 Å². The molecular formula is C14H22F3N3S. The summed E-state index contributed by atoms with van der Waals surface area (Å²) in [5.41, 5.74) is -0.654. The van der Waals surface area contributed by atoms with Crippen molar-refractivity contribution in [1.29, 1.82) is 0 Å². The van der Waals surface area contributed by atoms with Gasteiger partial charge in [-0.3, -0.25) is 0 Å². The minimum atomic E-state index is -4.35. The van der Waals surface area contributed by atoms with E-state index in [0.717, 1.165) is 37.5 Å². The first-order valence-electron chi connectivity index (χ1n) is 7.09. The second kappa shape index (κ2) is 8.48. The highest BCUT2D eigenvalue weighted by Crippen LogP contribution is 2.33. The first-order valence-corrected chi connectivity index (χ1v) is 8.07. The number of nitrogens with one attached hydrogen (secondary N) is 1. The minimum absolute atomic E-state index is 0.276. The molecule has 1 N–H and O–H groups in total. The summed E-state index contributed by atoms with van der Waals surface area (Å²) in [5, 5.41) is 3.26. The van der Waals surface area contributed by atoms with Crippen LogP contribution in [0.15, 0.2) is 17.2 Å². The summed E-state index contributed by atoms with van der Waals surface area (Å²) in [6, 6.07) is 2.17. The van der Waals surface area contributed by atoms with Gasteiger partial charge in [0.05, 0.1) is 10.6 Å². The zero-order chi connectivity index (χ0) is 15.9. The Hall–Kier alpha value is -0.950. The molecule has 0 radical (unpaired) electrons. The summed E-state index contributed by atoms with van der Waals surface area (Å²) in [4.78, 5) is 6.45. The molecule has 0 aromatic carbocycles. The van der Waals surface area contributed by atoms with Crippen LogP contribution in [0.1, 0.15) is 26.3 Å². The van der Waals surface area contributed by atoms with Gasteiger partial charge in [-0.05, 0) is 32.1 Å². The van der Waals surface area contributed by atoms with Crippen molar-refractivity contribution in [1.82, 2.24) is 9.88 Å². The largest absolute Gasteiger partial charge is 0.416 e. The maximum atomic E-state index is 12.9. The maximum Gasteiger partial charge on any atom is 0.416 e. The molecule has 0 fully saturated rings. The maximum absolute atomic E-state index is 12.9. The van der Waals surface area contributed by atoms with E-state index in [1.807, 2.05) is 6.92 Å². The van der Waals surface area contributed by atoms with Gasteiger partial charge >= 0.3 is 6.18 Å². The second-order valence-electron chi connectivity index (χ2n) is 4.48. The van der Waals surface area contributed by atoms with Gasteiger partial charge in [-0.1, -0.05) is 13.8 Å². The molecule has 0 saturated carbocycles. The predicted molar refractivity (Wildman–Crippen MR) is 81.9 cm³/mol. The molecule has 0 unspecified atom stereocenters. The van der Waals surface area contributed by atoms with Crippen LogP contribution in [0.25, 0.3) is 0 Å². The molecule has 0 saturated heterocycles. The highest BCUT2D eigenvalue weighted by Gasteiger charge is 2.31. The van der Waals surface area contributed by atoms with Gasteiger partial charge in [0.2, 0.25) is 0 Å². The Morgan fingerprint density at radius 2 is 1.86 bits per heavy atom. The monoisotopic (exact) mass is 321 g/mol. The van der Waals surface area contributed by atoms with Gasteiger partial charge in [-0.2, -0.15) is 13.2 Å². The fourth-order valence-corrected chi connectivity index (χ4v) is 2.77. The van der Waals surface area contributed by atoms with Gasteiger partial charge in [-0.15, -0.1) is 11.8 Å². The predicted octanol–water partition coefficient (Wildman–Crippen LogP) is 3.97. The lowest BCUT2D eigenvalue weighted by Crippen LogP contribution is -2.25.